The first-order valence-corrected chi connectivity index (χ1v) is 6.37. The van der Waals surface area contributed by atoms with E-state index in [1.165, 1.54) is 22.5 Å². The first-order valence-electron chi connectivity index (χ1n) is 5.55. The zero-order valence-corrected chi connectivity index (χ0v) is 10.7. The molecule has 1 aromatic heterocycles. The van der Waals surface area contributed by atoms with E-state index in [0.29, 0.717) is 11.5 Å². The first kappa shape index (κ1) is 11.9. The molecule has 2 rings (SSSR count). The Bertz CT molecular complexity index is 529. The molecule has 2 aromatic rings. The van der Waals surface area contributed by atoms with Crippen molar-refractivity contribution in [3.63, 3.8) is 0 Å². The molecule has 1 aromatic carbocycles. The van der Waals surface area contributed by atoms with Crippen molar-refractivity contribution >= 4 is 17.3 Å². The average molecular weight is 246 g/mol. The maximum Gasteiger partial charge on any atom is 0.348 e. The van der Waals surface area contributed by atoms with Gasteiger partial charge in [0.15, 0.2) is 0 Å². The van der Waals surface area contributed by atoms with E-state index in [9.17, 15) is 4.79 Å². The maximum absolute atomic E-state index is 11.6. The number of benzene rings is 1. The predicted octanol–water partition coefficient (Wildman–Crippen LogP) is 3.90. The highest BCUT2D eigenvalue weighted by Gasteiger charge is 2.11. The number of ether oxygens (including phenoxy) is 1. The first-order chi connectivity index (χ1) is 8.22. The van der Waals surface area contributed by atoms with E-state index in [1.807, 2.05) is 31.2 Å². The van der Waals surface area contributed by atoms with Crippen LogP contribution in [0.25, 0.3) is 10.4 Å². The van der Waals surface area contributed by atoms with Gasteiger partial charge in [0.2, 0.25) is 0 Å². The molecule has 0 saturated heterocycles. The van der Waals surface area contributed by atoms with Gasteiger partial charge in [-0.25, -0.2) is 4.79 Å². The number of hydrogen-bond acceptors (Lipinski definition) is 3. The van der Waals surface area contributed by atoms with Crippen LogP contribution in [0.3, 0.4) is 0 Å². The van der Waals surface area contributed by atoms with Crippen LogP contribution in [0.5, 0.6) is 0 Å². The Kier molecular flexibility index (Phi) is 3.59. The number of esters is 1. The van der Waals surface area contributed by atoms with Gasteiger partial charge in [0, 0.05) is 4.88 Å². The molecule has 0 N–H and O–H groups in total. The van der Waals surface area contributed by atoms with Gasteiger partial charge in [0.1, 0.15) is 4.88 Å². The Labute approximate surface area is 105 Å². The summed E-state index contributed by atoms with van der Waals surface area (Å²) in [5.41, 5.74) is 2.39. The predicted molar refractivity (Wildman–Crippen MR) is 70.4 cm³/mol. The summed E-state index contributed by atoms with van der Waals surface area (Å²) < 4.78 is 4.98. The van der Waals surface area contributed by atoms with Gasteiger partial charge in [-0.15, -0.1) is 11.3 Å². The summed E-state index contributed by atoms with van der Waals surface area (Å²) in [7, 11) is 0. The van der Waals surface area contributed by atoms with Crippen LogP contribution >= 0.6 is 11.3 Å². The summed E-state index contributed by atoms with van der Waals surface area (Å²) in [6, 6.07) is 11.9. The molecule has 88 valence electrons. The zero-order chi connectivity index (χ0) is 12.3. The molecule has 0 aliphatic rings. The van der Waals surface area contributed by atoms with Crippen molar-refractivity contribution in [2.45, 2.75) is 13.8 Å². The second kappa shape index (κ2) is 5.15. The quantitative estimate of drug-likeness (QED) is 0.768. The monoisotopic (exact) mass is 246 g/mol. The van der Waals surface area contributed by atoms with Crippen LogP contribution in [-0.2, 0) is 4.74 Å². The maximum atomic E-state index is 11.6. The molecule has 0 radical (unpaired) electrons. The Morgan fingerprint density at radius 2 is 2.00 bits per heavy atom. The number of aryl methyl sites for hydroxylation is 1. The third kappa shape index (κ3) is 2.56. The van der Waals surface area contributed by atoms with E-state index < -0.39 is 0 Å². The molecule has 2 nitrogen and oxygen atoms in total. The normalized spacial score (nSPS) is 10.2. The minimum atomic E-state index is -0.239. The van der Waals surface area contributed by atoms with Gasteiger partial charge in [-0.1, -0.05) is 24.3 Å². The van der Waals surface area contributed by atoms with Gasteiger partial charge in [0.25, 0.3) is 0 Å². The van der Waals surface area contributed by atoms with Gasteiger partial charge in [-0.05, 0) is 37.1 Å². The van der Waals surface area contributed by atoms with E-state index in [2.05, 4.69) is 19.1 Å². The lowest BCUT2D eigenvalue weighted by molar-refractivity contribution is 0.0532. The molecule has 3 heteroatoms. The van der Waals surface area contributed by atoms with Crippen LogP contribution in [0.2, 0.25) is 0 Å². The fourth-order valence-corrected chi connectivity index (χ4v) is 2.63. The van der Waals surface area contributed by atoms with Gasteiger partial charge in [0.05, 0.1) is 6.61 Å². The van der Waals surface area contributed by atoms with Crippen molar-refractivity contribution in [1.82, 2.24) is 0 Å². The highest BCUT2D eigenvalue weighted by molar-refractivity contribution is 7.17. The van der Waals surface area contributed by atoms with Crippen LogP contribution in [0.1, 0.15) is 22.2 Å². The molecule has 1 heterocycles. The van der Waals surface area contributed by atoms with E-state index in [1.54, 1.807) is 0 Å². The number of thiophene rings is 1. The van der Waals surface area contributed by atoms with Crippen LogP contribution in [-0.4, -0.2) is 12.6 Å². The highest BCUT2D eigenvalue weighted by Crippen LogP contribution is 2.30. The van der Waals surface area contributed by atoms with E-state index >= 15 is 0 Å². The molecule has 0 atom stereocenters. The fraction of sp³-hybridized carbons (Fsp3) is 0.214. The van der Waals surface area contributed by atoms with E-state index in [-0.39, 0.29) is 5.97 Å². The molecule has 0 spiro atoms. The average Bonchev–Trinajstić information content (AvgIpc) is 2.79. The van der Waals surface area contributed by atoms with Gasteiger partial charge in [-0.2, -0.15) is 0 Å². The summed E-state index contributed by atoms with van der Waals surface area (Å²) in [4.78, 5) is 13.3. The largest absolute Gasteiger partial charge is 0.462 e. The second-order valence-electron chi connectivity index (χ2n) is 3.70. The minimum Gasteiger partial charge on any atom is -0.462 e. The lowest BCUT2D eigenvalue weighted by Crippen LogP contribution is -2.01. The molecular formula is C14H14O2S. The van der Waals surface area contributed by atoms with Crippen LogP contribution < -0.4 is 0 Å². The summed E-state index contributed by atoms with van der Waals surface area (Å²) in [5.74, 6) is -0.239. The molecular weight excluding hydrogens is 232 g/mol. The molecule has 0 amide bonds. The third-order valence-electron chi connectivity index (χ3n) is 2.49. The summed E-state index contributed by atoms with van der Waals surface area (Å²) >= 11 is 1.47. The van der Waals surface area contributed by atoms with Crippen molar-refractivity contribution in [2.24, 2.45) is 0 Å². The van der Waals surface area contributed by atoms with Crippen LogP contribution in [0.4, 0.5) is 0 Å². The molecule has 0 aliphatic heterocycles. The van der Waals surface area contributed by atoms with Crippen LogP contribution in [0.15, 0.2) is 36.4 Å². The Hall–Kier alpha value is -1.61. The van der Waals surface area contributed by atoms with Gasteiger partial charge < -0.3 is 4.74 Å². The topological polar surface area (TPSA) is 26.3 Å². The number of hydrogen-bond donors (Lipinski definition) is 0. The fourth-order valence-electron chi connectivity index (χ4n) is 1.64. The van der Waals surface area contributed by atoms with Crippen molar-refractivity contribution in [3.8, 4) is 10.4 Å². The lowest BCUT2D eigenvalue weighted by atomic mass is 10.1. The van der Waals surface area contributed by atoms with E-state index in [0.717, 1.165) is 4.88 Å². The third-order valence-corrected chi connectivity index (χ3v) is 3.59. The summed E-state index contributed by atoms with van der Waals surface area (Å²) in [6.07, 6.45) is 0. The molecule has 0 bridgehead atoms. The molecule has 0 saturated carbocycles. The number of rotatable bonds is 3. The highest BCUT2D eigenvalue weighted by atomic mass is 32.1. The molecule has 17 heavy (non-hydrogen) atoms. The standard InChI is InChI=1S/C14H14O2S/c1-3-16-14(15)13-9-8-12(17-13)11-7-5-4-6-10(11)2/h4-9H,3H2,1-2H3. The lowest BCUT2D eigenvalue weighted by Gasteiger charge is -2.01. The van der Waals surface area contributed by atoms with Crippen molar-refractivity contribution < 1.29 is 9.53 Å². The van der Waals surface area contributed by atoms with Crippen molar-refractivity contribution in [3.05, 3.63) is 46.8 Å². The van der Waals surface area contributed by atoms with Crippen LogP contribution in [0, 0.1) is 6.92 Å². The minimum absolute atomic E-state index is 0.239. The van der Waals surface area contributed by atoms with E-state index in [4.69, 9.17) is 4.74 Å². The Morgan fingerprint density at radius 3 is 2.71 bits per heavy atom. The second-order valence-corrected chi connectivity index (χ2v) is 4.78. The smallest absolute Gasteiger partial charge is 0.348 e. The molecule has 0 unspecified atom stereocenters. The van der Waals surface area contributed by atoms with Gasteiger partial charge in [-0.3, -0.25) is 0 Å². The number of carbonyl (C=O) groups is 1. The molecule has 0 fully saturated rings. The summed E-state index contributed by atoms with van der Waals surface area (Å²) in [6.45, 7) is 4.29. The Balaban J connectivity index is 2.30. The number of carbonyl (C=O) groups excluding carboxylic acids is 1. The van der Waals surface area contributed by atoms with Gasteiger partial charge >= 0.3 is 5.97 Å². The molecule has 0 aliphatic carbocycles. The zero-order valence-electron chi connectivity index (χ0n) is 9.90. The van der Waals surface area contributed by atoms with Crippen molar-refractivity contribution in [2.75, 3.05) is 6.61 Å². The SMILES string of the molecule is CCOC(=O)c1ccc(-c2ccccc2C)s1. The van der Waals surface area contributed by atoms with Crippen molar-refractivity contribution in [1.29, 1.82) is 0 Å². The Morgan fingerprint density at radius 1 is 1.24 bits per heavy atom. The summed E-state index contributed by atoms with van der Waals surface area (Å²) in [5, 5.41) is 0.